The molecule has 0 aromatic carbocycles. The molecule has 1 aliphatic carbocycles. The van der Waals surface area contributed by atoms with Crippen LogP contribution in [0.5, 0.6) is 0 Å². The summed E-state index contributed by atoms with van der Waals surface area (Å²) in [6.07, 6.45) is 3.03. The second kappa shape index (κ2) is 9.11. The fourth-order valence-corrected chi connectivity index (χ4v) is 2.89. The lowest BCUT2D eigenvalue weighted by Crippen LogP contribution is -2.39. The maximum atomic E-state index is 11.9. The van der Waals surface area contributed by atoms with Crippen molar-refractivity contribution in [2.45, 2.75) is 78.0 Å². The average molecular weight is 327 g/mol. The molecule has 2 N–H and O–H groups in total. The summed E-state index contributed by atoms with van der Waals surface area (Å²) >= 11 is 0. The topological polar surface area (TPSA) is 70.7 Å². The maximum absolute atomic E-state index is 11.9. The zero-order valence-electron chi connectivity index (χ0n) is 15.3. The van der Waals surface area contributed by atoms with Gasteiger partial charge < -0.3 is 20.3 Å². The number of ether oxygens (including phenoxy) is 1. The maximum Gasteiger partial charge on any atom is 0.407 e. The average Bonchev–Trinajstić information content (AvgIpc) is 2.85. The Morgan fingerprint density at radius 3 is 2.30 bits per heavy atom. The Kier molecular flexibility index (Phi) is 7.82. The van der Waals surface area contributed by atoms with E-state index in [1.54, 1.807) is 0 Å². The molecule has 1 rings (SSSR count). The van der Waals surface area contributed by atoms with Crippen LogP contribution in [0.25, 0.3) is 0 Å². The van der Waals surface area contributed by atoms with E-state index in [2.05, 4.69) is 10.6 Å². The Bertz CT molecular complexity index is 389. The van der Waals surface area contributed by atoms with Crippen LogP contribution in [0.1, 0.15) is 60.3 Å². The molecule has 2 amide bonds. The van der Waals surface area contributed by atoms with Gasteiger partial charge in [0.25, 0.3) is 0 Å². The molecule has 0 aromatic heterocycles. The van der Waals surface area contributed by atoms with Crippen LogP contribution in [0.2, 0.25) is 0 Å². The van der Waals surface area contributed by atoms with Crippen LogP contribution in [0.4, 0.5) is 4.79 Å². The highest BCUT2D eigenvalue weighted by Crippen LogP contribution is 2.19. The molecule has 0 spiro atoms. The van der Waals surface area contributed by atoms with E-state index in [4.69, 9.17) is 4.74 Å². The summed E-state index contributed by atoms with van der Waals surface area (Å²) in [6, 6.07) is 0.514. The summed E-state index contributed by atoms with van der Waals surface area (Å²) in [5, 5.41) is 6.35. The quantitative estimate of drug-likeness (QED) is 0.752. The number of carbonyl (C=O) groups is 2. The van der Waals surface area contributed by atoms with Gasteiger partial charge in [-0.05, 0) is 53.9 Å². The van der Waals surface area contributed by atoms with Gasteiger partial charge in [-0.3, -0.25) is 4.79 Å². The van der Waals surface area contributed by atoms with Crippen molar-refractivity contribution in [3.8, 4) is 0 Å². The minimum Gasteiger partial charge on any atom is -0.444 e. The molecule has 0 bridgehead atoms. The molecule has 0 aromatic rings. The number of hydrogen-bond acceptors (Lipinski definition) is 4. The van der Waals surface area contributed by atoms with E-state index in [1.807, 2.05) is 39.5 Å². The highest BCUT2D eigenvalue weighted by Gasteiger charge is 2.27. The van der Waals surface area contributed by atoms with E-state index in [1.165, 1.54) is 0 Å². The Balaban J connectivity index is 2.22. The van der Waals surface area contributed by atoms with Crippen molar-refractivity contribution in [3.05, 3.63) is 0 Å². The second-order valence-electron chi connectivity index (χ2n) is 7.12. The molecule has 6 nitrogen and oxygen atoms in total. The first kappa shape index (κ1) is 19.7. The van der Waals surface area contributed by atoms with Crippen LogP contribution in [-0.2, 0) is 9.53 Å². The first-order valence-electron chi connectivity index (χ1n) is 8.75. The Morgan fingerprint density at radius 2 is 1.74 bits per heavy atom. The van der Waals surface area contributed by atoms with Gasteiger partial charge in [-0.15, -0.1) is 0 Å². The molecule has 6 heteroatoms. The summed E-state index contributed by atoms with van der Waals surface area (Å²) in [5.41, 5.74) is -0.467. The van der Waals surface area contributed by atoms with Gasteiger partial charge in [-0.25, -0.2) is 4.79 Å². The van der Waals surface area contributed by atoms with Crippen LogP contribution in [-0.4, -0.2) is 54.2 Å². The fourth-order valence-electron chi connectivity index (χ4n) is 2.89. The number of nitrogens with zero attached hydrogens (tertiary/aromatic N) is 1. The first-order valence-corrected chi connectivity index (χ1v) is 8.75. The monoisotopic (exact) mass is 327 g/mol. The summed E-state index contributed by atoms with van der Waals surface area (Å²) in [6.45, 7) is 11.8. The summed E-state index contributed by atoms with van der Waals surface area (Å²) in [7, 11) is 0. The minimum atomic E-state index is -0.467. The standard InChI is InChI=1S/C17H33N3O3/c1-6-20(7-2)15(21)10-11-18-13-8-9-14(12-13)19-16(22)23-17(3,4)5/h13-14,18H,6-12H2,1-5H3,(H,19,22). The zero-order chi connectivity index (χ0) is 17.5. The lowest BCUT2D eigenvalue weighted by Gasteiger charge is -2.22. The van der Waals surface area contributed by atoms with Crippen LogP contribution in [0.15, 0.2) is 0 Å². The molecule has 0 saturated heterocycles. The van der Waals surface area contributed by atoms with E-state index in [0.717, 1.165) is 32.4 Å². The van der Waals surface area contributed by atoms with E-state index in [0.29, 0.717) is 19.0 Å². The van der Waals surface area contributed by atoms with Crippen LogP contribution in [0.3, 0.4) is 0 Å². The molecule has 1 fully saturated rings. The van der Waals surface area contributed by atoms with Crippen LogP contribution in [0, 0.1) is 0 Å². The number of alkyl carbamates (subject to hydrolysis) is 1. The van der Waals surface area contributed by atoms with Crippen molar-refractivity contribution in [3.63, 3.8) is 0 Å². The van der Waals surface area contributed by atoms with Crippen molar-refractivity contribution in [1.82, 2.24) is 15.5 Å². The van der Waals surface area contributed by atoms with Gasteiger partial charge in [-0.2, -0.15) is 0 Å². The van der Waals surface area contributed by atoms with Gasteiger partial charge in [-0.1, -0.05) is 0 Å². The lowest BCUT2D eigenvalue weighted by atomic mass is 10.2. The van der Waals surface area contributed by atoms with Gasteiger partial charge in [0.05, 0.1) is 0 Å². The summed E-state index contributed by atoms with van der Waals surface area (Å²) in [5.74, 6) is 0.198. The molecule has 0 radical (unpaired) electrons. The van der Waals surface area contributed by atoms with Crippen LogP contribution >= 0.6 is 0 Å². The highest BCUT2D eigenvalue weighted by atomic mass is 16.6. The molecular formula is C17H33N3O3. The predicted molar refractivity (Wildman–Crippen MR) is 91.3 cm³/mol. The molecule has 134 valence electrons. The van der Waals surface area contributed by atoms with Gasteiger partial charge >= 0.3 is 6.09 Å². The molecule has 23 heavy (non-hydrogen) atoms. The lowest BCUT2D eigenvalue weighted by molar-refractivity contribution is -0.130. The first-order chi connectivity index (χ1) is 10.7. The van der Waals surface area contributed by atoms with E-state index >= 15 is 0 Å². The van der Waals surface area contributed by atoms with Gasteiger partial charge in [0.15, 0.2) is 0 Å². The minimum absolute atomic E-state index is 0.154. The smallest absolute Gasteiger partial charge is 0.407 e. The van der Waals surface area contributed by atoms with Crippen molar-refractivity contribution in [2.75, 3.05) is 19.6 Å². The SMILES string of the molecule is CCN(CC)C(=O)CCNC1CCC(NC(=O)OC(C)(C)C)C1. The number of nitrogens with one attached hydrogen (secondary N) is 2. The largest absolute Gasteiger partial charge is 0.444 e. The molecule has 1 aliphatic rings. The number of hydrogen-bond donors (Lipinski definition) is 2. The number of carbonyl (C=O) groups excluding carboxylic acids is 2. The third-order valence-electron chi connectivity index (χ3n) is 4.04. The third kappa shape index (κ3) is 7.68. The number of amides is 2. The molecule has 2 unspecified atom stereocenters. The van der Waals surface area contributed by atoms with Crippen molar-refractivity contribution >= 4 is 12.0 Å². The summed E-state index contributed by atoms with van der Waals surface area (Å²) in [4.78, 5) is 25.5. The molecule has 1 saturated carbocycles. The molecule has 2 atom stereocenters. The van der Waals surface area contributed by atoms with E-state index in [9.17, 15) is 9.59 Å². The van der Waals surface area contributed by atoms with Crippen molar-refractivity contribution < 1.29 is 14.3 Å². The van der Waals surface area contributed by atoms with Crippen LogP contribution < -0.4 is 10.6 Å². The molecular weight excluding hydrogens is 294 g/mol. The number of rotatable bonds is 7. The van der Waals surface area contributed by atoms with Gasteiger partial charge in [0.1, 0.15) is 5.60 Å². The third-order valence-corrected chi connectivity index (χ3v) is 4.04. The molecule has 0 aliphatic heterocycles. The Hall–Kier alpha value is -1.30. The summed E-state index contributed by atoms with van der Waals surface area (Å²) < 4.78 is 5.28. The Morgan fingerprint density at radius 1 is 1.13 bits per heavy atom. The fraction of sp³-hybridized carbons (Fsp3) is 0.882. The predicted octanol–water partition coefficient (Wildman–Crippen LogP) is 2.28. The van der Waals surface area contributed by atoms with Gasteiger partial charge in [0.2, 0.25) is 5.91 Å². The Labute approximate surface area is 140 Å². The molecule has 0 heterocycles. The zero-order valence-corrected chi connectivity index (χ0v) is 15.3. The van der Waals surface area contributed by atoms with E-state index in [-0.39, 0.29) is 18.0 Å². The van der Waals surface area contributed by atoms with Gasteiger partial charge in [0, 0.05) is 38.1 Å². The van der Waals surface area contributed by atoms with E-state index < -0.39 is 5.60 Å². The van der Waals surface area contributed by atoms with Crippen molar-refractivity contribution in [1.29, 1.82) is 0 Å². The normalized spacial score (nSPS) is 21.1. The van der Waals surface area contributed by atoms with Crippen molar-refractivity contribution in [2.24, 2.45) is 0 Å². The second-order valence-corrected chi connectivity index (χ2v) is 7.12. The highest BCUT2D eigenvalue weighted by molar-refractivity contribution is 5.76.